The van der Waals surface area contributed by atoms with E-state index in [4.69, 9.17) is 0 Å². The van der Waals surface area contributed by atoms with Crippen LogP contribution in [0.5, 0.6) is 0 Å². The first-order chi connectivity index (χ1) is 16.5. The molecule has 184 valence electrons. The van der Waals surface area contributed by atoms with Crippen molar-refractivity contribution < 1.29 is 32.3 Å². The number of nitrogens with one attached hydrogen (secondary N) is 1. The van der Waals surface area contributed by atoms with Gasteiger partial charge in [0.1, 0.15) is 5.82 Å². The summed E-state index contributed by atoms with van der Waals surface area (Å²) in [7, 11) is 1.80. The molecule has 0 radical (unpaired) electrons. The molecule has 35 heavy (non-hydrogen) atoms. The second kappa shape index (κ2) is 9.52. The maximum Gasteiger partial charge on any atom is 0.416 e. The molecule has 1 heterocycles. The van der Waals surface area contributed by atoms with Crippen LogP contribution >= 0.6 is 0 Å². The number of aliphatic carboxylic acids is 1. The summed E-state index contributed by atoms with van der Waals surface area (Å²) in [5.74, 6) is -5.60. The number of hydrogen-bond acceptors (Lipinski definition) is 3. The summed E-state index contributed by atoms with van der Waals surface area (Å²) >= 11 is 0. The third-order valence-corrected chi connectivity index (χ3v) is 6.45. The first-order valence-corrected chi connectivity index (χ1v) is 11.0. The first-order valence-electron chi connectivity index (χ1n) is 11.0. The highest BCUT2D eigenvalue weighted by molar-refractivity contribution is 5.95. The van der Waals surface area contributed by atoms with Crippen molar-refractivity contribution >= 4 is 17.6 Å². The molecule has 3 aromatic rings. The molecule has 1 aliphatic rings. The Morgan fingerprint density at radius 2 is 1.80 bits per heavy atom. The van der Waals surface area contributed by atoms with Crippen LogP contribution in [0.15, 0.2) is 54.9 Å². The molecular weight excluding hydrogens is 466 g/mol. The normalized spacial score (nSPS) is 20.4. The van der Waals surface area contributed by atoms with Gasteiger partial charge in [0.15, 0.2) is 0 Å². The topological polar surface area (TPSA) is 84.2 Å². The van der Waals surface area contributed by atoms with Crippen molar-refractivity contribution in [3.8, 4) is 11.1 Å². The van der Waals surface area contributed by atoms with E-state index in [1.54, 1.807) is 17.9 Å². The lowest BCUT2D eigenvalue weighted by atomic mass is 9.69. The Labute approximate surface area is 198 Å². The third-order valence-electron chi connectivity index (χ3n) is 6.45. The lowest BCUT2D eigenvalue weighted by molar-refractivity contribution is -0.148. The average molecular weight is 489 g/mol. The van der Waals surface area contributed by atoms with Crippen LogP contribution in [-0.4, -0.2) is 26.8 Å². The fourth-order valence-electron chi connectivity index (χ4n) is 4.72. The minimum Gasteiger partial charge on any atom is -0.481 e. The molecule has 0 aliphatic heterocycles. The zero-order valence-corrected chi connectivity index (χ0v) is 18.7. The van der Waals surface area contributed by atoms with Crippen molar-refractivity contribution in [3.05, 3.63) is 71.8 Å². The highest BCUT2D eigenvalue weighted by Crippen LogP contribution is 2.43. The van der Waals surface area contributed by atoms with Crippen molar-refractivity contribution in [1.82, 2.24) is 9.78 Å². The predicted molar refractivity (Wildman–Crippen MR) is 120 cm³/mol. The van der Waals surface area contributed by atoms with Gasteiger partial charge in [0.2, 0.25) is 5.91 Å². The minimum atomic E-state index is -4.72. The van der Waals surface area contributed by atoms with Crippen LogP contribution in [0.3, 0.4) is 0 Å². The maximum atomic E-state index is 14.2. The lowest BCUT2D eigenvalue weighted by Gasteiger charge is -2.35. The number of aryl methyl sites for hydroxylation is 1. The van der Waals surface area contributed by atoms with Gasteiger partial charge >= 0.3 is 12.1 Å². The van der Waals surface area contributed by atoms with Crippen LogP contribution in [0.1, 0.15) is 36.3 Å². The largest absolute Gasteiger partial charge is 0.481 e. The van der Waals surface area contributed by atoms with Crippen molar-refractivity contribution in [2.24, 2.45) is 18.9 Å². The molecule has 3 atom stereocenters. The number of aromatic nitrogens is 2. The molecule has 1 amide bonds. The van der Waals surface area contributed by atoms with Gasteiger partial charge in [-0.05, 0) is 48.1 Å². The Morgan fingerprint density at radius 3 is 2.37 bits per heavy atom. The highest BCUT2D eigenvalue weighted by Gasteiger charge is 2.43. The second-order valence-corrected chi connectivity index (χ2v) is 8.71. The van der Waals surface area contributed by atoms with E-state index in [0.29, 0.717) is 25.0 Å². The standard InChI is InChI=1S/C25H23F4N3O3/c1-32-13-16(12-30-32)14-5-7-15(8-6-14)18-3-2-4-19(22(18)24(34)35)23(33)31-21-10-9-17(11-20(21)26)25(27,28)29/h5-13,18-19,22H,2-4H2,1H3,(H,31,33)(H,34,35)/t18-,19-,22-/m1/s1. The number of amides is 1. The number of anilines is 1. The van der Waals surface area contributed by atoms with Gasteiger partial charge in [-0.1, -0.05) is 30.7 Å². The summed E-state index contributed by atoms with van der Waals surface area (Å²) in [6.45, 7) is 0. The van der Waals surface area contributed by atoms with Crippen molar-refractivity contribution in [2.75, 3.05) is 5.32 Å². The minimum absolute atomic E-state index is 0.273. The summed E-state index contributed by atoms with van der Waals surface area (Å²) in [5.41, 5.74) is 0.993. The summed E-state index contributed by atoms with van der Waals surface area (Å²) in [4.78, 5) is 25.2. The van der Waals surface area contributed by atoms with E-state index in [9.17, 15) is 32.3 Å². The number of benzene rings is 2. The van der Waals surface area contributed by atoms with Gasteiger partial charge in [0, 0.05) is 18.8 Å². The third kappa shape index (κ3) is 5.21. The number of nitrogens with zero attached hydrogens (tertiary/aromatic N) is 2. The van der Waals surface area contributed by atoms with E-state index in [-0.39, 0.29) is 6.42 Å². The van der Waals surface area contributed by atoms with Crippen LogP contribution in [0, 0.1) is 17.7 Å². The highest BCUT2D eigenvalue weighted by atomic mass is 19.4. The molecule has 0 unspecified atom stereocenters. The zero-order chi connectivity index (χ0) is 25.3. The molecule has 1 aromatic heterocycles. The predicted octanol–water partition coefficient (Wildman–Crippen LogP) is 5.47. The van der Waals surface area contributed by atoms with Crippen molar-refractivity contribution in [3.63, 3.8) is 0 Å². The van der Waals surface area contributed by atoms with Gasteiger partial charge in [-0.2, -0.15) is 18.3 Å². The molecule has 0 spiro atoms. The molecule has 2 aromatic carbocycles. The smallest absolute Gasteiger partial charge is 0.416 e. The number of hydrogen-bond donors (Lipinski definition) is 2. The molecule has 0 bridgehead atoms. The van der Waals surface area contributed by atoms with Crippen molar-refractivity contribution in [1.29, 1.82) is 0 Å². The van der Waals surface area contributed by atoms with Crippen LogP contribution in [0.25, 0.3) is 11.1 Å². The SMILES string of the molecule is Cn1cc(-c2ccc([C@H]3CCC[C@@H](C(=O)Nc4ccc(C(F)(F)F)cc4F)[C@@H]3C(=O)O)cc2)cn1. The number of carbonyl (C=O) groups excluding carboxylic acids is 1. The van der Waals surface area contributed by atoms with Crippen LogP contribution in [0.2, 0.25) is 0 Å². The van der Waals surface area contributed by atoms with E-state index in [1.165, 1.54) is 0 Å². The first kappa shape index (κ1) is 24.4. The maximum absolute atomic E-state index is 14.2. The number of carbonyl (C=O) groups is 2. The van der Waals surface area contributed by atoms with E-state index < -0.39 is 52.9 Å². The fraction of sp³-hybridized carbons (Fsp3) is 0.320. The molecule has 1 aliphatic carbocycles. The van der Waals surface area contributed by atoms with E-state index in [0.717, 1.165) is 22.8 Å². The monoisotopic (exact) mass is 489 g/mol. The Kier molecular flexibility index (Phi) is 6.64. The van der Waals surface area contributed by atoms with Crippen LogP contribution in [0.4, 0.5) is 23.2 Å². The van der Waals surface area contributed by atoms with E-state index in [2.05, 4.69) is 10.4 Å². The molecule has 6 nitrogen and oxygen atoms in total. The summed E-state index contributed by atoms with van der Waals surface area (Å²) in [5, 5.41) is 16.4. The summed E-state index contributed by atoms with van der Waals surface area (Å²) in [6.07, 6.45) is 0.261. The van der Waals surface area contributed by atoms with Gasteiger partial charge < -0.3 is 10.4 Å². The van der Waals surface area contributed by atoms with Gasteiger partial charge in [0.05, 0.1) is 29.3 Å². The Hall–Kier alpha value is -3.69. The van der Waals surface area contributed by atoms with Crippen molar-refractivity contribution in [2.45, 2.75) is 31.4 Å². The Balaban J connectivity index is 1.55. The van der Waals surface area contributed by atoms with Gasteiger partial charge in [-0.25, -0.2) is 4.39 Å². The number of carboxylic acid groups (broad SMARTS) is 1. The lowest BCUT2D eigenvalue weighted by Crippen LogP contribution is -2.40. The van der Waals surface area contributed by atoms with E-state index >= 15 is 0 Å². The van der Waals surface area contributed by atoms with Gasteiger partial charge in [-0.15, -0.1) is 0 Å². The number of rotatable bonds is 5. The second-order valence-electron chi connectivity index (χ2n) is 8.71. The van der Waals surface area contributed by atoms with Gasteiger partial charge in [-0.3, -0.25) is 14.3 Å². The summed E-state index contributed by atoms with van der Waals surface area (Å²) < 4.78 is 54.3. The molecule has 1 fully saturated rings. The quantitative estimate of drug-likeness (QED) is 0.466. The summed E-state index contributed by atoms with van der Waals surface area (Å²) in [6, 6.07) is 9.21. The van der Waals surface area contributed by atoms with E-state index in [1.807, 2.05) is 30.5 Å². The number of carboxylic acids is 1. The molecule has 0 saturated heterocycles. The molecule has 1 saturated carbocycles. The molecule has 10 heteroatoms. The Bertz CT molecular complexity index is 1240. The number of alkyl halides is 3. The number of halogens is 4. The molecule has 2 N–H and O–H groups in total. The Morgan fingerprint density at radius 1 is 1.09 bits per heavy atom. The molecular formula is C25H23F4N3O3. The fourth-order valence-corrected chi connectivity index (χ4v) is 4.72. The zero-order valence-electron chi connectivity index (χ0n) is 18.7. The van der Waals surface area contributed by atoms with Crippen LogP contribution in [-0.2, 0) is 22.8 Å². The average Bonchev–Trinajstić information content (AvgIpc) is 3.25. The molecule has 4 rings (SSSR count). The van der Waals surface area contributed by atoms with Gasteiger partial charge in [0.25, 0.3) is 0 Å². The van der Waals surface area contributed by atoms with Crippen LogP contribution < -0.4 is 5.32 Å².